The van der Waals surface area contributed by atoms with Crippen molar-refractivity contribution in [2.45, 2.75) is 31.8 Å². The van der Waals surface area contributed by atoms with Gasteiger partial charge in [0.25, 0.3) is 0 Å². The number of amides is 1. The zero-order valence-electron chi connectivity index (χ0n) is 11.4. The minimum atomic E-state index is 0.201. The van der Waals surface area contributed by atoms with Crippen LogP contribution in [0.2, 0.25) is 0 Å². The molecule has 2 saturated heterocycles. The smallest absolute Gasteiger partial charge is 0.220 e. The van der Waals surface area contributed by atoms with Gasteiger partial charge in [-0.3, -0.25) is 9.69 Å². The van der Waals surface area contributed by atoms with Crippen LogP contribution in [-0.2, 0) is 11.3 Å². The SMILES string of the molecule is N#Cc1cc(CN2CCC3NC(=O)CCC3C2)ccn1. The maximum atomic E-state index is 11.4. The molecule has 0 aromatic carbocycles. The molecule has 0 aliphatic carbocycles. The number of hydrogen-bond donors (Lipinski definition) is 1. The average Bonchev–Trinajstić information content (AvgIpc) is 2.47. The third kappa shape index (κ3) is 2.81. The van der Waals surface area contributed by atoms with Crippen molar-refractivity contribution in [1.82, 2.24) is 15.2 Å². The Morgan fingerprint density at radius 3 is 3.25 bits per heavy atom. The maximum Gasteiger partial charge on any atom is 0.220 e. The first-order chi connectivity index (χ1) is 9.74. The monoisotopic (exact) mass is 270 g/mol. The van der Waals surface area contributed by atoms with Crippen molar-refractivity contribution in [2.75, 3.05) is 13.1 Å². The van der Waals surface area contributed by atoms with E-state index in [9.17, 15) is 4.79 Å². The van der Waals surface area contributed by atoms with Gasteiger partial charge in [0.2, 0.25) is 5.91 Å². The van der Waals surface area contributed by atoms with Gasteiger partial charge in [-0.15, -0.1) is 0 Å². The number of aromatic nitrogens is 1. The van der Waals surface area contributed by atoms with Crippen LogP contribution >= 0.6 is 0 Å². The predicted octanol–water partition coefficient (Wildman–Crippen LogP) is 1.05. The molecule has 3 heterocycles. The molecule has 2 aliphatic heterocycles. The largest absolute Gasteiger partial charge is 0.353 e. The van der Waals surface area contributed by atoms with Crippen LogP contribution in [0.1, 0.15) is 30.5 Å². The molecule has 0 saturated carbocycles. The molecule has 2 unspecified atom stereocenters. The Morgan fingerprint density at radius 1 is 1.50 bits per heavy atom. The first-order valence-corrected chi connectivity index (χ1v) is 7.11. The number of carbonyl (C=O) groups excluding carboxylic acids is 1. The molecule has 0 radical (unpaired) electrons. The van der Waals surface area contributed by atoms with Crippen LogP contribution < -0.4 is 5.32 Å². The van der Waals surface area contributed by atoms with Crippen LogP contribution in [0.25, 0.3) is 0 Å². The van der Waals surface area contributed by atoms with E-state index in [0.717, 1.165) is 38.0 Å². The Balaban J connectivity index is 1.62. The van der Waals surface area contributed by atoms with Crippen LogP contribution in [0, 0.1) is 17.2 Å². The molecule has 20 heavy (non-hydrogen) atoms. The number of nitriles is 1. The standard InChI is InChI=1S/C15H18N4O/c16-8-13-7-11(3-5-17-13)9-19-6-4-14-12(10-19)1-2-15(20)18-14/h3,5,7,12,14H,1-2,4,6,9-10H2,(H,18,20). The summed E-state index contributed by atoms with van der Waals surface area (Å²) in [7, 11) is 0. The fourth-order valence-electron chi connectivity index (χ4n) is 3.22. The van der Waals surface area contributed by atoms with Gasteiger partial charge in [-0.05, 0) is 36.5 Å². The van der Waals surface area contributed by atoms with Crippen molar-refractivity contribution in [3.63, 3.8) is 0 Å². The van der Waals surface area contributed by atoms with Crippen LogP contribution in [0.4, 0.5) is 0 Å². The van der Waals surface area contributed by atoms with Crippen LogP contribution in [0.5, 0.6) is 0 Å². The van der Waals surface area contributed by atoms with E-state index in [1.54, 1.807) is 6.20 Å². The van der Waals surface area contributed by atoms with Gasteiger partial charge in [-0.2, -0.15) is 5.26 Å². The van der Waals surface area contributed by atoms with E-state index in [-0.39, 0.29) is 5.91 Å². The minimum absolute atomic E-state index is 0.201. The molecule has 104 valence electrons. The molecule has 0 bridgehead atoms. The lowest BCUT2D eigenvalue weighted by molar-refractivity contribution is -0.125. The second-order valence-corrected chi connectivity index (χ2v) is 5.66. The second kappa shape index (κ2) is 5.59. The van der Waals surface area contributed by atoms with Gasteiger partial charge in [-0.25, -0.2) is 4.98 Å². The number of rotatable bonds is 2. The maximum absolute atomic E-state index is 11.4. The number of pyridine rings is 1. The molecule has 2 fully saturated rings. The third-order valence-electron chi connectivity index (χ3n) is 4.25. The summed E-state index contributed by atoms with van der Waals surface area (Å²) in [6.45, 7) is 2.87. The highest BCUT2D eigenvalue weighted by Gasteiger charge is 2.33. The quantitative estimate of drug-likeness (QED) is 0.872. The highest BCUT2D eigenvalue weighted by atomic mass is 16.1. The summed E-state index contributed by atoms with van der Waals surface area (Å²) in [6.07, 6.45) is 4.36. The van der Waals surface area contributed by atoms with Gasteiger partial charge in [0, 0.05) is 38.3 Å². The van der Waals surface area contributed by atoms with E-state index in [1.165, 1.54) is 0 Å². The molecule has 1 aromatic rings. The molecular formula is C15H18N4O. The van der Waals surface area contributed by atoms with E-state index in [1.807, 2.05) is 12.1 Å². The number of likely N-dealkylation sites (tertiary alicyclic amines) is 1. The lowest BCUT2D eigenvalue weighted by Gasteiger charge is -2.41. The lowest BCUT2D eigenvalue weighted by Crippen LogP contribution is -2.53. The van der Waals surface area contributed by atoms with Gasteiger partial charge in [-0.1, -0.05) is 0 Å². The predicted molar refractivity (Wildman–Crippen MR) is 73.5 cm³/mol. The van der Waals surface area contributed by atoms with Gasteiger partial charge >= 0.3 is 0 Å². The van der Waals surface area contributed by atoms with Crippen molar-refractivity contribution < 1.29 is 4.79 Å². The number of nitrogens with one attached hydrogen (secondary N) is 1. The van der Waals surface area contributed by atoms with Gasteiger partial charge in [0.05, 0.1) is 0 Å². The zero-order chi connectivity index (χ0) is 13.9. The van der Waals surface area contributed by atoms with Crippen molar-refractivity contribution >= 4 is 5.91 Å². The minimum Gasteiger partial charge on any atom is -0.353 e. The Kier molecular flexibility index (Phi) is 3.66. The van der Waals surface area contributed by atoms with Gasteiger partial charge < -0.3 is 5.32 Å². The van der Waals surface area contributed by atoms with Crippen LogP contribution in [0.3, 0.4) is 0 Å². The normalized spacial score (nSPS) is 26.4. The summed E-state index contributed by atoms with van der Waals surface area (Å²) in [6, 6.07) is 6.26. The Bertz CT molecular complexity index is 551. The van der Waals surface area contributed by atoms with Gasteiger partial charge in [0.15, 0.2) is 0 Å². The Morgan fingerprint density at radius 2 is 2.40 bits per heavy atom. The molecular weight excluding hydrogens is 252 g/mol. The van der Waals surface area contributed by atoms with E-state index >= 15 is 0 Å². The summed E-state index contributed by atoms with van der Waals surface area (Å²) < 4.78 is 0. The van der Waals surface area contributed by atoms with Crippen LogP contribution in [-0.4, -0.2) is 34.9 Å². The van der Waals surface area contributed by atoms with Crippen LogP contribution in [0.15, 0.2) is 18.3 Å². The summed E-state index contributed by atoms with van der Waals surface area (Å²) in [5.74, 6) is 0.770. The fraction of sp³-hybridized carbons (Fsp3) is 0.533. The Labute approximate surface area is 118 Å². The zero-order valence-corrected chi connectivity index (χ0v) is 11.4. The number of fused-ring (bicyclic) bond motifs is 1. The number of hydrogen-bond acceptors (Lipinski definition) is 4. The van der Waals surface area contributed by atoms with E-state index in [0.29, 0.717) is 24.1 Å². The van der Waals surface area contributed by atoms with Crippen molar-refractivity contribution in [1.29, 1.82) is 5.26 Å². The molecule has 1 aromatic heterocycles. The molecule has 0 spiro atoms. The molecule has 1 N–H and O–H groups in total. The van der Waals surface area contributed by atoms with Crippen molar-refractivity contribution in [2.24, 2.45) is 5.92 Å². The summed E-state index contributed by atoms with van der Waals surface area (Å²) >= 11 is 0. The highest BCUT2D eigenvalue weighted by Crippen LogP contribution is 2.26. The third-order valence-corrected chi connectivity index (χ3v) is 4.25. The first kappa shape index (κ1) is 13.1. The summed E-state index contributed by atoms with van der Waals surface area (Å²) in [5, 5.41) is 12.0. The first-order valence-electron chi connectivity index (χ1n) is 7.11. The second-order valence-electron chi connectivity index (χ2n) is 5.66. The van der Waals surface area contributed by atoms with E-state index < -0.39 is 0 Å². The molecule has 2 aliphatic rings. The number of piperidine rings is 2. The lowest BCUT2D eigenvalue weighted by atomic mass is 9.85. The molecule has 5 nitrogen and oxygen atoms in total. The van der Waals surface area contributed by atoms with E-state index in [2.05, 4.69) is 21.3 Å². The average molecular weight is 270 g/mol. The molecule has 5 heteroatoms. The van der Waals surface area contributed by atoms with Crippen molar-refractivity contribution in [3.8, 4) is 6.07 Å². The Hall–Kier alpha value is -1.93. The van der Waals surface area contributed by atoms with E-state index in [4.69, 9.17) is 5.26 Å². The topological polar surface area (TPSA) is 69.0 Å². The van der Waals surface area contributed by atoms with Crippen molar-refractivity contribution in [3.05, 3.63) is 29.6 Å². The number of carbonyl (C=O) groups is 1. The molecule has 2 atom stereocenters. The number of nitrogens with zero attached hydrogens (tertiary/aromatic N) is 3. The summed E-state index contributed by atoms with van der Waals surface area (Å²) in [4.78, 5) is 17.8. The molecule has 3 rings (SSSR count). The fourth-order valence-corrected chi connectivity index (χ4v) is 3.22. The van der Waals surface area contributed by atoms with Gasteiger partial charge in [0.1, 0.15) is 11.8 Å². The summed E-state index contributed by atoms with van der Waals surface area (Å²) in [5.41, 5.74) is 1.61. The molecule has 1 amide bonds. The highest BCUT2D eigenvalue weighted by molar-refractivity contribution is 5.77.